The van der Waals surface area contributed by atoms with Crippen LogP contribution in [0.3, 0.4) is 0 Å². The van der Waals surface area contributed by atoms with Crippen molar-refractivity contribution >= 4 is 23.4 Å². The Labute approximate surface area is 114 Å². The number of likely N-dealkylation sites (N-methyl/N-ethyl adjacent to an activating group) is 1. The third kappa shape index (κ3) is 5.75. The molecule has 2 nitrogen and oxygen atoms in total. The summed E-state index contributed by atoms with van der Waals surface area (Å²) in [6, 6.07) is 2.49. The molecule has 0 aliphatic rings. The van der Waals surface area contributed by atoms with Crippen LogP contribution in [0.15, 0.2) is 18.5 Å². The molecule has 1 unspecified atom stereocenters. The molecule has 1 N–H and O–H groups in total. The topological polar surface area (TPSA) is 24.9 Å². The zero-order valence-corrected chi connectivity index (χ0v) is 12.3. The van der Waals surface area contributed by atoms with Crippen LogP contribution < -0.4 is 5.32 Å². The van der Waals surface area contributed by atoms with Crippen LogP contribution >= 0.6 is 23.4 Å². The van der Waals surface area contributed by atoms with Gasteiger partial charge in [0.15, 0.2) is 0 Å². The van der Waals surface area contributed by atoms with Gasteiger partial charge in [0.25, 0.3) is 0 Å². The Morgan fingerprint density at radius 3 is 2.82 bits per heavy atom. The smallest absolute Gasteiger partial charge is 0.0621 e. The highest BCUT2D eigenvalue weighted by Crippen LogP contribution is 2.18. The fourth-order valence-corrected chi connectivity index (χ4v) is 2.67. The van der Waals surface area contributed by atoms with Gasteiger partial charge in [-0.1, -0.05) is 32.4 Å². The molecule has 0 spiro atoms. The van der Waals surface area contributed by atoms with Crippen molar-refractivity contribution in [3.63, 3.8) is 0 Å². The van der Waals surface area contributed by atoms with E-state index in [1.807, 2.05) is 17.8 Å². The lowest BCUT2D eigenvalue weighted by Gasteiger charge is -2.19. The first-order chi connectivity index (χ1) is 8.13. The molecule has 0 aliphatic carbocycles. The SMILES string of the molecule is CCNC(CSC(C)C)Cc1ccncc1Cl. The molecule has 1 aromatic heterocycles. The summed E-state index contributed by atoms with van der Waals surface area (Å²) >= 11 is 8.12. The normalized spacial score (nSPS) is 13.0. The standard InChI is InChI=1S/C13H21ClN2S/c1-4-16-12(9-17-10(2)3)7-11-5-6-15-8-13(11)14/h5-6,8,10,12,16H,4,7,9H2,1-3H3. The Bertz CT molecular complexity index is 331. The molecule has 0 aliphatic heterocycles. The molecule has 0 saturated heterocycles. The second kappa shape index (κ2) is 7.96. The minimum Gasteiger partial charge on any atom is -0.313 e. The first-order valence-electron chi connectivity index (χ1n) is 6.06. The summed E-state index contributed by atoms with van der Waals surface area (Å²) in [6.07, 6.45) is 4.49. The lowest BCUT2D eigenvalue weighted by molar-refractivity contribution is 0.572. The highest BCUT2D eigenvalue weighted by molar-refractivity contribution is 7.99. The van der Waals surface area contributed by atoms with E-state index in [1.165, 1.54) is 5.56 Å². The zero-order chi connectivity index (χ0) is 12.7. The third-order valence-electron chi connectivity index (χ3n) is 2.45. The molecule has 0 amide bonds. The van der Waals surface area contributed by atoms with Gasteiger partial charge in [-0.05, 0) is 29.8 Å². The second-order valence-electron chi connectivity index (χ2n) is 4.31. The van der Waals surface area contributed by atoms with Gasteiger partial charge < -0.3 is 5.32 Å². The van der Waals surface area contributed by atoms with E-state index in [0.29, 0.717) is 11.3 Å². The first kappa shape index (κ1) is 14.8. The van der Waals surface area contributed by atoms with Gasteiger partial charge in [0.2, 0.25) is 0 Å². The fourth-order valence-electron chi connectivity index (χ4n) is 1.62. The van der Waals surface area contributed by atoms with E-state index in [0.717, 1.165) is 23.7 Å². The van der Waals surface area contributed by atoms with Crippen molar-refractivity contribution in [3.05, 3.63) is 29.0 Å². The van der Waals surface area contributed by atoms with Gasteiger partial charge in [-0.25, -0.2) is 0 Å². The number of hydrogen-bond acceptors (Lipinski definition) is 3. The molecule has 0 bridgehead atoms. The average Bonchev–Trinajstić information content (AvgIpc) is 2.29. The monoisotopic (exact) mass is 272 g/mol. The molecule has 0 aromatic carbocycles. The number of pyridine rings is 1. The van der Waals surface area contributed by atoms with Gasteiger partial charge in [0, 0.05) is 24.2 Å². The van der Waals surface area contributed by atoms with Gasteiger partial charge >= 0.3 is 0 Å². The van der Waals surface area contributed by atoms with E-state index in [-0.39, 0.29) is 0 Å². The molecular formula is C13H21ClN2S. The van der Waals surface area contributed by atoms with E-state index in [4.69, 9.17) is 11.6 Å². The van der Waals surface area contributed by atoms with Crippen LogP contribution in [0, 0.1) is 0 Å². The van der Waals surface area contributed by atoms with Crippen LogP contribution in [-0.4, -0.2) is 28.6 Å². The van der Waals surface area contributed by atoms with Crippen LogP contribution in [0.1, 0.15) is 26.3 Å². The van der Waals surface area contributed by atoms with Gasteiger partial charge in [-0.2, -0.15) is 11.8 Å². The quantitative estimate of drug-likeness (QED) is 0.824. The minimum atomic E-state index is 0.479. The number of halogens is 1. The molecular weight excluding hydrogens is 252 g/mol. The van der Waals surface area contributed by atoms with Crippen molar-refractivity contribution in [1.82, 2.24) is 10.3 Å². The maximum atomic E-state index is 6.13. The largest absolute Gasteiger partial charge is 0.313 e. The number of nitrogens with one attached hydrogen (secondary N) is 1. The highest BCUT2D eigenvalue weighted by atomic mass is 35.5. The number of aromatic nitrogens is 1. The number of thioether (sulfide) groups is 1. The molecule has 0 saturated carbocycles. The molecule has 0 radical (unpaired) electrons. The molecule has 96 valence electrons. The Hall–Kier alpha value is -0.250. The van der Waals surface area contributed by atoms with E-state index >= 15 is 0 Å². The van der Waals surface area contributed by atoms with Crippen LogP contribution in [0.5, 0.6) is 0 Å². The van der Waals surface area contributed by atoms with Gasteiger partial charge in [0.05, 0.1) is 5.02 Å². The molecule has 0 fully saturated rings. The van der Waals surface area contributed by atoms with E-state index in [1.54, 1.807) is 12.4 Å². The van der Waals surface area contributed by atoms with Crippen molar-refractivity contribution in [1.29, 1.82) is 0 Å². The summed E-state index contributed by atoms with van der Waals surface area (Å²) in [5.41, 5.74) is 1.18. The molecule has 1 aromatic rings. The molecule has 1 rings (SSSR count). The van der Waals surface area contributed by atoms with Crippen LogP contribution in [0.2, 0.25) is 5.02 Å². The van der Waals surface area contributed by atoms with Crippen molar-refractivity contribution in [3.8, 4) is 0 Å². The summed E-state index contributed by atoms with van der Waals surface area (Å²) < 4.78 is 0. The minimum absolute atomic E-state index is 0.479. The van der Waals surface area contributed by atoms with E-state index < -0.39 is 0 Å². The summed E-state index contributed by atoms with van der Waals surface area (Å²) in [6.45, 7) is 7.59. The van der Waals surface area contributed by atoms with Crippen LogP contribution in [-0.2, 0) is 6.42 Å². The lowest BCUT2D eigenvalue weighted by atomic mass is 10.1. The number of nitrogens with zero attached hydrogens (tertiary/aromatic N) is 1. The van der Waals surface area contributed by atoms with Crippen molar-refractivity contribution in [2.45, 2.75) is 38.5 Å². The maximum Gasteiger partial charge on any atom is 0.0621 e. The van der Waals surface area contributed by atoms with E-state index in [2.05, 4.69) is 31.1 Å². The Kier molecular flexibility index (Phi) is 6.93. The van der Waals surface area contributed by atoms with Crippen molar-refractivity contribution in [2.24, 2.45) is 0 Å². The molecule has 1 atom stereocenters. The molecule has 4 heteroatoms. The number of hydrogen-bond donors (Lipinski definition) is 1. The van der Waals surface area contributed by atoms with Gasteiger partial charge in [-0.3, -0.25) is 4.98 Å². The Morgan fingerprint density at radius 1 is 1.47 bits per heavy atom. The van der Waals surface area contributed by atoms with Gasteiger partial charge in [-0.15, -0.1) is 0 Å². The van der Waals surface area contributed by atoms with Crippen LogP contribution in [0.4, 0.5) is 0 Å². The van der Waals surface area contributed by atoms with Gasteiger partial charge in [0.1, 0.15) is 0 Å². The second-order valence-corrected chi connectivity index (χ2v) is 6.32. The Morgan fingerprint density at radius 2 is 2.24 bits per heavy atom. The summed E-state index contributed by atoms with van der Waals surface area (Å²) in [5.74, 6) is 1.12. The molecule has 17 heavy (non-hydrogen) atoms. The Balaban J connectivity index is 2.56. The summed E-state index contributed by atoms with van der Waals surface area (Å²) in [5, 5.41) is 4.95. The highest BCUT2D eigenvalue weighted by Gasteiger charge is 2.11. The predicted molar refractivity (Wildman–Crippen MR) is 78.0 cm³/mol. The molecule has 1 heterocycles. The fraction of sp³-hybridized carbons (Fsp3) is 0.615. The summed E-state index contributed by atoms with van der Waals surface area (Å²) in [7, 11) is 0. The number of rotatable bonds is 7. The first-order valence-corrected chi connectivity index (χ1v) is 7.49. The predicted octanol–water partition coefficient (Wildman–Crippen LogP) is 3.40. The van der Waals surface area contributed by atoms with Crippen molar-refractivity contribution in [2.75, 3.05) is 12.3 Å². The van der Waals surface area contributed by atoms with Crippen molar-refractivity contribution < 1.29 is 0 Å². The average molecular weight is 273 g/mol. The lowest BCUT2D eigenvalue weighted by Crippen LogP contribution is -2.33. The maximum absolute atomic E-state index is 6.13. The van der Waals surface area contributed by atoms with E-state index in [9.17, 15) is 0 Å². The zero-order valence-electron chi connectivity index (χ0n) is 10.7. The van der Waals surface area contributed by atoms with Crippen LogP contribution in [0.25, 0.3) is 0 Å². The third-order valence-corrected chi connectivity index (χ3v) is 4.05. The summed E-state index contributed by atoms with van der Waals surface area (Å²) in [4.78, 5) is 4.01.